The van der Waals surface area contributed by atoms with Gasteiger partial charge in [-0.2, -0.15) is 5.26 Å². The fraction of sp³-hybridized carbons (Fsp3) is 0.267. The third-order valence-corrected chi connectivity index (χ3v) is 3.50. The molecule has 1 atom stereocenters. The van der Waals surface area contributed by atoms with E-state index < -0.39 is 0 Å². The number of hydrogen-bond donors (Lipinski definition) is 1. The van der Waals surface area contributed by atoms with Gasteiger partial charge < -0.3 is 10.2 Å². The summed E-state index contributed by atoms with van der Waals surface area (Å²) in [4.78, 5) is 26.3. The van der Waals surface area contributed by atoms with Crippen molar-refractivity contribution in [2.24, 2.45) is 0 Å². The molecular weight excluding hydrogens is 280 g/mol. The lowest BCUT2D eigenvalue weighted by Gasteiger charge is -2.17. The van der Waals surface area contributed by atoms with Crippen molar-refractivity contribution >= 4 is 11.7 Å². The van der Waals surface area contributed by atoms with Gasteiger partial charge in [-0.3, -0.25) is 9.78 Å². The lowest BCUT2D eigenvalue weighted by Crippen LogP contribution is -2.32. The molecule has 1 N–H and O–H groups in total. The van der Waals surface area contributed by atoms with E-state index in [1.165, 1.54) is 12.4 Å². The Morgan fingerprint density at radius 3 is 2.91 bits per heavy atom. The van der Waals surface area contributed by atoms with Gasteiger partial charge in [-0.25, -0.2) is 9.97 Å². The first kappa shape index (κ1) is 13.9. The number of aromatic nitrogens is 3. The van der Waals surface area contributed by atoms with Crippen LogP contribution in [0.15, 0.2) is 36.8 Å². The van der Waals surface area contributed by atoms with E-state index in [4.69, 9.17) is 5.26 Å². The molecule has 1 amide bonds. The molecule has 1 unspecified atom stereocenters. The van der Waals surface area contributed by atoms with Gasteiger partial charge in [-0.15, -0.1) is 0 Å². The Balaban J connectivity index is 1.66. The third kappa shape index (κ3) is 2.86. The first-order chi connectivity index (χ1) is 10.8. The van der Waals surface area contributed by atoms with Crippen LogP contribution in [0.1, 0.15) is 22.6 Å². The van der Waals surface area contributed by atoms with Gasteiger partial charge in [0.05, 0.1) is 0 Å². The number of nitrogens with one attached hydrogen (secondary N) is 1. The Morgan fingerprint density at radius 2 is 2.14 bits per heavy atom. The second kappa shape index (κ2) is 6.18. The number of pyridine rings is 1. The van der Waals surface area contributed by atoms with Crippen LogP contribution in [0.2, 0.25) is 0 Å². The Morgan fingerprint density at radius 1 is 1.27 bits per heavy atom. The molecule has 0 saturated carbocycles. The molecule has 0 bridgehead atoms. The van der Waals surface area contributed by atoms with Gasteiger partial charge in [0.15, 0.2) is 11.5 Å². The van der Waals surface area contributed by atoms with Gasteiger partial charge in [-0.05, 0) is 18.6 Å². The Kier molecular flexibility index (Phi) is 3.92. The SMILES string of the molecule is N#Cc1nccnc1NC1CCN(C(=O)c2ccccn2)C1. The summed E-state index contributed by atoms with van der Waals surface area (Å²) in [5.74, 6) is 0.381. The van der Waals surface area contributed by atoms with E-state index in [1.807, 2.05) is 6.07 Å². The molecule has 7 heteroatoms. The molecule has 0 spiro atoms. The van der Waals surface area contributed by atoms with Gasteiger partial charge in [0, 0.05) is 37.7 Å². The number of carbonyl (C=O) groups excluding carboxylic acids is 1. The summed E-state index contributed by atoms with van der Waals surface area (Å²) in [6, 6.07) is 7.34. The summed E-state index contributed by atoms with van der Waals surface area (Å²) in [7, 11) is 0. The van der Waals surface area contributed by atoms with Gasteiger partial charge in [0.2, 0.25) is 0 Å². The quantitative estimate of drug-likeness (QED) is 0.910. The Hall–Kier alpha value is -3.01. The van der Waals surface area contributed by atoms with Gasteiger partial charge in [0.25, 0.3) is 5.91 Å². The average molecular weight is 294 g/mol. The zero-order chi connectivity index (χ0) is 15.4. The van der Waals surface area contributed by atoms with Gasteiger partial charge in [0.1, 0.15) is 11.8 Å². The molecule has 2 aromatic heterocycles. The van der Waals surface area contributed by atoms with Crippen LogP contribution in [0.25, 0.3) is 0 Å². The smallest absolute Gasteiger partial charge is 0.272 e. The summed E-state index contributed by atoms with van der Waals surface area (Å²) in [5.41, 5.74) is 0.706. The molecular formula is C15H14N6O. The molecule has 0 radical (unpaired) electrons. The second-order valence-electron chi connectivity index (χ2n) is 4.96. The van der Waals surface area contributed by atoms with Crippen LogP contribution in [-0.2, 0) is 0 Å². The normalized spacial score (nSPS) is 17.0. The number of nitrogens with zero attached hydrogens (tertiary/aromatic N) is 5. The topological polar surface area (TPSA) is 94.8 Å². The summed E-state index contributed by atoms with van der Waals surface area (Å²) in [5, 5.41) is 12.2. The van der Waals surface area contributed by atoms with Crippen LogP contribution < -0.4 is 5.32 Å². The van der Waals surface area contributed by atoms with Gasteiger partial charge in [-0.1, -0.05) is 6.07 Å². The number of rotatable bonds is 3. The lowest BCUT2D eigenvalue weighted by atomic mass is 10.2. The number of hydrogen-bond acceptors (Lipinski definition) is 6. The summed E-state index contributed by atoms with van der Waals surface area (Å²) in [6.45, 7) is 1.20. The van der Waals surface area contributed by atoms with E-state index in [0.717, 1.165) is 6.42 Å². The first-order valence-electron chi connectivity index (χ1n) is 6.96. The maximum Gasteiger partial charge on any atom is 0.272 e. The molecule has 0 aromatic carbocycles. The van der Waals surface area contributed by atoms with Crippen molar-refractivity contribution in [1.82, 2.24) is 19.9 Å². The maximum absolute atomic E-state index is 12.3. The lowest BCUT2D eigenvalue weighted by molar-refractivity contribution is 0.0786. The molecule has 1 saturated heterocycles. The minimum atomic E-state index is -0.0791. The van der Waals surface area contributed by atoms with E-state index in [-0.39, 0.29) is 17.6 Å². The molecule has 110 valence electrons. The van der Waals surface area contributed by atoms with Crippen molar-refractivity contribution in [2.45, 2.75) is 12.5 Å². The Bertz CT molecular complexity index is 711. The van der Waals surface area contributed by atoms with E-state index in [2.05, 4.69) is 20.3 Å². The van der Waals surface area contributed by atoms with E-state index in [1.54, 1.807) is 29.3 Å². The zero-order valence-corrected chi connectivity index (χ0v) is 11.8. The fourth-order valence-electron chi connectivity index (χ4n) is 2.43. The highest BCUT2D eigenvalue weighted by Gasteiger charge is 2.28. The number of likely N-dealkylation sites (tertiary alicyclic amines) is 1. The number of anilines is 1. The largest absolute Gasteiger partial charge is 0.363 e. The van der Waals surface area contributed by atoms with Crippen LogP contribution in [0.5, 0.6) is 0 Å². The van der Waals surface area contributed by atoms with Crippen molar-refractivity contribution < 1.29 is 4.79 Å². The fourth-order valence-corrected chi connectivity index (χ4v) is 2.43. The van der Waals surface area contributed by atoms with E-state index in [9.17, 15) is 4.79 Å². The highest BCUT2D eigenvalue weighted by molar-refractivity contribution is 5.92. The molecule has 2 aromatic rings. The zero-order valence-electron chi connectivity index (χ0n) is 11.8. The average Bonchev–Trinajstić information content (AvgIpc) is 3.04. The molecule has 1 aliphatic heterocycles. The van der Waals surface area contributed by atoms with Gasteiger partial charge >= 0.3 is 0 Å². The second-order valence-corrected chi connectivity index (χ2v) is 4.96. The highest BCUT2D eigenvalue weighted by atomic mass is 16.2. The van der Waals surface area contributed by atoms with Crippen molar-refractivity contribution in [2.75, 3.05) is 18.4 Å². The molecule has 1 fully saturated rings. The molecule has 3 heterocycles. The summed E-state index contributed by atoms with van der Waals surface area (Å²) < 4.78 is 0. The monoisotopic (exact) mass is 294 g/mol. The predicted molar refractivity (Wildman–Crippen MR) is 78.9 cm³/mol. The van der Waals surface area contributed by atoms with Crippen LogP contribution >= 0.6 is 0 Å². The van der Waals surface area contributed by atoms with E-state index >= 15 is 0 Å². The first-order valence-corrected chi connectivity index (χ1v) is 6.96. The molecule has 7 nitrogen and oxygen atoms in total. The highest BCUT2D eigenvalue weighted by Crippen LogP contribution is 2.17. The summed E-state index contributed by atoms with van der Waals surface area (Å²) in [6.07, 6.45) is 5.42. The molecule has 22 heavy (non-hydrogen) atoms. The minimum absolute atomic E-state index is 0.0523. The number of nitriles is 1. The van der Waals surface area contributed by atoms with Crippen molar-refractivity contribution in [3.8, 4) is 6.07 Å². The van der Waals surface area contributed by atoms with E-state index in [0.29, 0.717) is 24.6 Å². The Labute approximate surface area is 127 Å². The number of amides is 1. The minimum Gasteiger partial charge on any atom is -0.363 e. The number of carbonyl (C=O) groups is 1. The molecule has 3 rings (SSSR count). The van der Waals surface area contributed by atoms with Crippen molar-refractivity contribution in [3.05, 3.63) is 48.2 Å². The molecule has 1 aliphatic rings. The van der Waals surface area contributed by atoms with Crippen LogP contribution in [-0.4, -0.2) is 44.9 Å². The maximum atomic E-state index is 12.3. The summed E-state index contributed by atoms with van der Waals surface area (Å²) >= 11 is 0. The van der Waals surface area contributed by atoms with Crippen LogP contribution in [0.4, 0.5) is 5.82 Å². The van der Waals surface area contributed by atoms with Crippen LogP contribution in [0.3, 0.4) is 0 Å². The van der Waals surface area contributed by atoms with Crippen molar-refractivity contribution in [1.29, 1.82) is 5.26 Å². The predicted octanol–water partition coefficient (Wildman–Crippen LogP) is 1.07. The van der Waals surface area contributed by atoms with Crippen LogP contribution in [0, 0.1) is 11.3 Å². The molecule has 0 aliphatic carbocycles. The third-order valence-electron chi connectivity index (χ3n) is 3.50. The van der Waals surface area contributed by atoms with Crippen molar-refractivity contribution in [3.63, 3.8) is 0 Å². The standard InChI is InChI=1S/C15H14N6O/c16-9-13-14(19-7-6-18-13)20-11-4-8-21(10-11)15(22)12-3-1-2-5-17-12/h1-3,5-7,11H,4,8,10H2,(H,19,20).